The molecule has 3 heteroatoms. The topological polar surface area (TPSA) is 38.5 Å². The molecule has 2 rings (SSSR count). The first kappa shape index (κ1) is 14.3. The molecule has 2 aliphatic heterocycles. The van der Waals surface area contributed by atoms with Gasteiger partial charge in [0.1, 0.15) is 0 Å². The molecule has 0 radical (unpaired) electrons. The standard InChI is InChI=1S/C15H30N2O/c1-14(2,3)13-4-8-17(9-5-13)15(12-16)6-10-18-11-7-15/h13H,4-12,16H2,1-3H3. The van der Waals surface area contributed by atoms with Gasteiger partial charge in [0.05, 0.1) is 0 Å². The first-order valence-electron chi connectivity index (χ1n) is 7.51. The first-order valence-corrected chi connectivity index (χ1v) is 7.51. The Labute approximate surface area is 112 Å². The van der Waals surface area contributed by atoms with E-state index >= 15 is 0 Å². The molecule has 0 bridgehead atoms. The summed E-state index contributed by atoms with van der Waals surface area (Å²) in [5.41, 5.74) is 6.79. The SMILES string of the molecule is CC(C)(C)C1CCN(C2(CN)CCOCC2)CC1. The van der Waals surface area contributed by atoms with Crippen LogP contribution in [0.5, 0.6) is 0 Å². The van der Waals surface area contributed by atoms with E-state index in [4.69, 9.17) is 10.5 Å². The monoisotopic (exact) mass is 254 g/mol. The van der Waals surface area contributed by atoms with E-state index in [9.17, 15) is 0 Å². The number of nitrogens with zero attached hydrogens (tertiary/aromatic N) is 1. The van der Waals surface area contributed by atoms with Crippen molar-refractivity contribution in [2.24, 2.45) is 17.1 Å². The fourth-order valence-corrected chi connectivity index (χ4v) is 3.62. The zero-order valence-electron chi connectivity index (χ0n) is 12.4. The lowest BCUT2D eigenvalue weighted by Crippen LogP contribution is -2.59. The van der Waals surface area contributed by atoms with Crippen molar-refractivity contribution in [3.63, 3.8) is 0 Å². The highest BCUT2D eigenvalue weighted by molar-refractivity contribution is 4.96. The zero-order valence-corrected chi connectivity index (χ0v) is 12.4. The lowest BCUT2D eigenvalue weighted by molar-refractivity contribution is -0.0444. The van der Waals surface area contributed by atoms with E-state index in [0.717, 1.165) is 38.5 Å². The van der Waals surface area contributed by atoms with Gasteiger partial charge in [-0.15, -0.1) is 0 Å². The average molecular weight is 254 g/mol. The van der Waals surface area contributed by atoms with Crippen molar-refractivity contribution >= 4 is 0 Å². The molecule has 0 aromatic rings. The van der Waals surface area contributed by atoms with Gasteiger partial charge in [-0.3, -0.25) is 4.90 Å². The molecule has 0 unspecified atom stereocenters. The van der Waals surface area contributed by atoms with Gasteiger partial charge in [-0.05, 0) is 50.1 Å². The Balaban J connectivity index is 1.95. The molecule has 0 aliphatic carbocycles. The zero-order chi connectivity index (χ0) is 13.2. The average Bonchev–Trinajstić information content (AvgIpc) is 2.39. The molecule has 3 nitrogen and oxygen atoms in total. The fraction of sp³-hybridized carbons (Fsp3) is 1.00. The van der Waals surface area contributed by atoms with Crippen LogP contribution in [0.25, 0.3) is 0 Å². The lowest BCUT2D eigenvalue weighted by Gasteiger charge is -2.50. The van der Waals surface area contributed by atoms with Gasteiger partial charge >= 0.3 is 0 Å². The maximum Gasteiger partial charge on any atom is 0.0484 e. The summed E-state index contributed by atoms with van der Waals surface area (Å²) < 4.78 is 5.51. The van der Waals surface area contributed by atoms with Gasteiger partial charge in [0.15, 0.2) is 0 Å². The molecule has 18 heavy (non-hydrogen) atoms. The molecule has 0 aromatic heterocycles. The summed E-state index contributed by atoms with van der Waals surface area (Å²) in [6.45, 7) is 12.1. The predicted molar refractivity (Wildman–Crippen MR) is 75.6 cm³/mol. The van der Waals surface area contributed by atoms with Crippen molar-refractivity contribution in [2.45, 2.75) is 52.0 Å². The second kappa shape index (κ2) is 5.48. The Bertz CT molecular complexity index is 258. The summed E-state index contributed by atoms with van der Waals surface area (Å²) >= 11 is 0. The third-order valence-corrected chi connectivity index (χ3v) is 5.19. The summed E-state index contributed by atoms with van der Waals surface area (Å²) in [6, 6.07) is 0. The number of ether oxygens (including phenoxy) is 1. The normalized spacial score (nSPS) is 27.3. The maximum absolute atomic E-state index is 6.09. The van der Waals surface area contributed by atoms with Crippen LogP contribution in [0.2, 0.25) is 0 Å². The Morgan fingerprint density at radius 3 is 2.17 bits per heavy atom. The fourth-order valence-electron chi connectivity index (χ4n) is 3.62. The van der Waals surface area contributed by atoms with E-state index in [1.807, 2.05) is 0 Å². The minimum atomic E-state index is 0.237. The molecular weight excluding hydrogens is 224 g/mol. The van der Waals surface area contributed by atoms with Crippen molar-refractivity contribution in [1.82, 2.24) is 4.90 Å². The summed E-state index contributed by atoms with van der Waals surface area (Å²) in [5.74, 6) is 0.864. The Morgan fingerprint density at radius 2 is 1.72 bits per heavy atom. The predicted octanol–water partition coefficient (Wildman–Crippen LogP) is 2.25. The number of rotatable bonds is 2. The van der Waals surface area contributed by atoms with Gasteiger partial charge < -0.3 is 10.5 Å². The third-order valence-electron chi connectivity index (χ3n) is 5.19. The number of piperidine rings is 1. The van der Waals surface area contributed by atoms with Crippen LogP contribution in [0, 0.1) is 11.3 Å². The number of hydrogen-bond donors (Lipinski definition) is 1. The van der Waals surface area contributed by atoms with Crippen molar-refractivity contribution < 1.29 is 4.74 Å². The largest absolute Gasteiger partial charge is 0.381 e. The third kappa shape index (κ3) is 2.89. The van der Waals surface area contributed by atoms with Crippen LogP contribution < -0.4 is 5.73 Å². The first-order chi connectivity index (χ1) is 8.48. The molecule has 2 heterocycles. The van der Waals surface area contributed by atoms with Gasteiger partial charge in [-0.25, -0.2) is 0 Å². The van der Waals surface area contributed by atoms with Crippen LogP contribution in [-0.4, -0.2) is 43.3 Å². The van der Waals surface area contributed by atoms with E-state index in [0.29, 0.717) is 5.41 Å². The minimum absolute atomic E-state index is 0.237. The molecule has 0 amide bonds. The van der Waals surface area contributed by atoms with E-state index in [1.165, 1.54) is 25.9 Å². The van der Waals surface area contributed by atoms with Crippen LogP contribution in [0.1, 0.15) is 46.5 Å². The number of likely N-dealkylation sites (tertiary alicyclic amines) is 1. The second-order valence-corrected chi connectivity index (χ2v) is 7.17. The Kier molecular flexibility index (Phi) is 4.35. The van der Waals surface area contributed by atoms with E-state index in [1.54, 1.807) is 0 Å². The van der Waals surface area contributed by atoms with Crippen LogP contribution in [-0.2, 0) is 4.74 Å². The van der Waals surface area contributed by atoms with Crippen molar-refractivity contribution in [3.05, 3.63) is 0 Å². The minimum Gasteiger partial charge on any atom is -0.381 e. The summed E-state index contributed by atoms with van der Waals surface area (Å²) in [6.07, 6.45) is 4.88. The maximum atomic E-state index is 6.09. The smallest absolute Gasteiger partial charge is 0.0484 e. The summed E-state index contributed by atoms with van der Waals surface area (Å²) in [4.78, 5) is 2.66. The van der Waals surface area contributed by atoms with Gasteiger partial charge in [0, 0.05) is 25.3 Å². The van der Waals surface area contributed by atoms with Crippen LogP contribution >= 0.6 is 0 Å². The van der Waals surface area contributed by atoms with E-state index < -0.39 is 0 Å². The molecule has 0 saturated carbocycles. The van der Waals surface area contributed by atoms with Gasteiger partial charge in [-0.1, -0.05) is 20.8 Å². The number of nitrogens with two attached hydrogens (primary N) is 1. The second-order valence-electron chi connectivity index (χ2n) is 7.17. The summed E-state index contributed by atoms with van der Waals surface area (Å²) in [7, 11) is 0. The van der Waals surface area contributed by atoms with E-state index in [2.05, 4.69) is 25.7 Å². The highest BCUT2D eigenvalue weighted by Crippen LogP contribution is 2.37. The molecule has 2 saturated heterocycles. The Morgan fingerprint density at radius 1 is 1.17 bits per heavy atom. The molecule has 2 aliphatic rings. The van der Waals surface area contributed by atoms with Crippen molar-refractivity contribution in [1.29, 1.82) is 0 Å². The summed E-state index contributed by atoms with van der Waals surface area (Å²) in [5, 5.41) is 0. The van der Waals surface area contributed by atoms with Crippen LogP contribution in [0.15, 0.2) is 0 Å². The van der Waals surface area contributed by atoms with Crippen LogP contribution in [0.3, 0.4) is 0 Å². The molecule has 0 aromatic carbocycles. The van der Waals surface area contributed by atoms with Crippen molar-refractivity contribution in [3.8, 4) is 0 Å². The van der Waals surface area contributed by atoms with Gasteiger partial charge in [-0.2, -0.15) is 0 Å². The highest BCUT2D eigenvalue weighted by atomic mass is 16.5. The lowest BCUT2D eigenvalue weighted by atomic mass is 9.74. The molecule has 2 fully saturated rings. The highest BCUT2D eigenvalue weighted by Gasteiger charge is 2.40. The van der Waals surface area contributed by atoms with Crippen molar-refractivity contribution in [2.75, 3.05) is 32.8 Å². The molecule has 0 atom stereocenters. The molecular formula is C15H30N2O. The number of hydrogen-bond acceptors (Lipinski definition) is 3. The van der Waals surface area contributed by atoms with Gasteiger partial charge in [0.2, 0.25) is 0 Å². The quantitative estimate of drug-likeness (QED) is 0.821. The molecule has 0 spiro atoms. The van der Waals surface area contributed by atoms with Gasteiger partial charge in [0.25, 0.3) is 0 Å². The Hall–Kier alpha value is -0.120. The molecule has 106 valence electrons. The van der Waals surface area contributed by atoms with E-state index in [-0.39, 0.29) is 5.54 Å². The molecule has 2 N–H and O–H groups in total. The van der Waals surface area contributed by atoms with Crippen LogP contribution in [0.4, 0.5) is 0 Å².